The zero-order chi connectivity index (χ0) is 9.68. The van der Waals surface area contributed by atoms with E-state index in [4.69, 9.17) is 4.18 Å². The average molecular weight is 192 g/mol. The lowest BCUT2D eigenvalue weighted by Gasteiger charge is -2.05. The highest BCUT2D eigenvalue weighted by Gasteiger charge is 2.00. The fourth-order valence-electron chi connectivity index (χ4n) is 0.922. The molecule has 0 N–H and O–H groups in total. The van der Waals surface area contributed by atoms with Crippen LogP contribution in [-0.2, 0) is 0 Å². The maximum Gasteiger partial charge on any atom is 0.145 e. The van der Waals surface area contributed by atoms with Crippen LogP contribution in [0, 0.1) is 25.0 Å². The standard InChI is InChI=1S/C11H12OS/c1-4-8-13-12-11-7-5-6-9(2)10(11)3/h5-7H,1-3H3. The number of rotatable bonds is 2. The van der Waals surface area contributed by atoms with Crippen molar-refractivity contribution in [3.8, 4) is 16.9 Å². The third-order valence-electron chi connectivity index (χ3n) is 1.83. The Hall–Kier alpha value is -1.07. The molecule has 0 spiro atoms. The summed E-state index contributed by atoms with van der Waals surface area (Å²) in [5, 5.41) is 2.79. The first-order valence-electron chi connectivity index (χ1n) is 4.07. The molecule has 0 saturated heterocycles. The van der Waals surface area contributed by atoms with Crippen molar-refractivity contribution in [3.63, 3.8) is 0 Å². The monoisotopic (exact) mass is 192 g/mol. The third kappa shape index (κ3) is 2.71. The van der Waals surface area contributed by atoms with Crippen LogP contribution in [0.4, 0.5) is 0 Å². The normalized spacial score (nSPS) is 8.85. The topological polar surface area (TPSA) is 9.23 Å². The van der Waals surface area contributed by atoms with Gasteiger partial charge in [0.25, 0.3) is 0 Å². The largest absolute Gasteiger partial charge is 0.412 e. The summed E-state index contributed by atoms with van der Waals surface area (Å²) >= 11 is 1.17. The zero-order valence-corrected chi connectivity index (χ0v) is 8.87. The Kier molecular flexibility index (Phi) is 3.72. The van der Waals surface area contributed by atoms with Crippen LogP contribution in [0.1, 0.15) is 18.1 Å². The minimum atomic E-state index is 0.896. The molecule has 0 bridgehead atoms. The SMILES string of the molecule is CC#CSOc1cccc(C)c1C. The lowest BCUT2D eigenvalue weighted by molar-refractivity contribution is 0.645. The fourth-order valence-corrected chi connectivity index (χ4v) is 1.32. The Morgan fingerprint density at radius 3 is 2.77 bits per heavy atom. The van der Waals surface area contributed by atoms with Gasteiger partial charge in [0.2, 0.25) is 0 Å². The van der Waals surface area contributed by atoms with Crippen molar-refractivity contribution in [2.45, 2.75) is 20.8 Å². The summed E-state index contributed by atoms with van der Waals surface area (Å²) in [6.07, 6.45) is 0. The molecule has 0 aromatic heterocycles. The van der Waals surface area contributed by atoms with Crippen LogP contribution in [0.15, 0.2) is 18.2 Å². The van der Waals surface area contributed by atoms with Gasteiger partial charge in [0.1, 0.15) is 17.8 Å². The Morgan fingerprint density at radius 2 is 2.08 bits per heavy atom. The van der Waals surface area contributed by atoms with E-state index in [0.29, 0.717) is 0 Å². The molecular formula is C11H12OS. The molecule has 0 heterocycles. The van der Waals surface area contributed by atoms with E-state index in [0.717, 1.165) is 5.75 Å². The van der Waals surface area contributed by atoms with Crippen LogP contribution in [-0.4, -0.2) is 0 Å². The van der Waals surface area contributed by atoms with Crippen molar-refractivity contribution in [1.82, 2.24) is 0 Å². The van der Waals surface area contributed by atoms with Crippen molar-refractivity contribution in [2.75, 3.05) is 0 Å². The van der Waals surface area contributed by atoms with Gasteiger partial charge in [0, 0.05) is 5.25 Å². The van der Waals surface area contributed by atoms with Gasteiger partial charge in [0.05, 0.1) is 0 Å². The van der Waals surface area contributed by atoms with Gasteiger partial charge in [-0.2, -0.15) is 0 Å². The number of hydrogen-bond acceptors (Lipinski definition) is 2. The van der Waals surface area contributed by atoms with Crippen LogP contribution in [0.5, 0.6) is 5.75 Å². The Balaban J connectivity index is 2.75. The Bertz CT molecular complexity index is 347. The van der Waals surface area contributed by atoms with E-state index < -0.39 is 0 Å². The molecule has 0 amide bonds. The summed E-state index contributed by atoms with van der Waals surface area (Å²) in [6.45, 7) is 5.91. The van der Waals surface area contributed by atoms with Gasteiger partial charge < -0.3 is 4.18 Å². The molecule has 1 nitrogen and oxygen atoms in total. The van der Waals surface area contributed by atoms with Gasteiger partial charge in [-0.15, -0.1) is 0 Å². The molecule has 0 aliphatic heterocycles. The summed E-state index contributed by atoms with van der Waals surface area (Å²) in [5.74, 6) is 3.66. The molecule has 68 valence electrons. The van der Waals surface area contributed by atoms with E-state index in [1.807, 2.05) is 19.1 Å². The second kappa shape index (κ2) is 4.84. The molecule has 1 aromatic rings. The number of hydrogen-bond donors (Lipinski definition) is 0. The summed E-state index contributed by atoms with van der Waals surface area (Å²) in [6, 6.07) is 6.00. The smallest absolute Gasteiger partial charge is 0.145 e. The molecule has 0 atom stereocenters. The molecule has 0 aliphatic rings. The predicted octanol–water partition coefficient (Wildman–Crippen LogP) is 3.31. The zero-order valence-electron chi connectivity index (χ0n) is 8.05. The maximum absolute atomic E-state index is 5.40. The van der Waals surface area contributed by atoms with E-state index in [1.165, 1.54) is 23.2 Å². The molecular weight excluding hydrogens is 180 g/mol. The van der Waals surface area contributed by atoms with E-state index in [1.54, 1.807) is 6.92 Å². The van der Waals surface area contributed by atoms with Crippen LogP contribution in [0.3, 0.4) is 0 Å². The molecule has 0 radical (unpaired) electrons. The summed E-state index contributed by atoms with van der Waals surface area (Å²) in [7, 11) is 0. The number of aryl methyl sites for hydroxylation is 1. The number of benzene rings is 1. The van der Waals surface area contributed by atoms with Gasteiger partial charge in [-0.1, -0.05) is 18.1 Å². The van der Waals surface area contributed by atoms with Gasteiger partial charge in [-0.05, 0) is 38.0 Å². The quantitative estimate of drug-likeness (QED) is 0.525. The van der Waals surface area contributed by atoms with E-state index >= 15 is 0 Å². The first kappa shape index (κ1) is 10.0. The lowest BCUT2D eigenvalue weighted by atomic mass is 10.1. The molecule has 13 heavy (non-hydrogen) atoms. The molecule has 0 saturated carbocycles. The van der Waals surface area contributed by atoms with E-state index in [2.05, 4.69) is 24.2 Å². The highest BCUT2D eigenvalue weighted by Crippen LogP contribution is 2.23. The second-order valence-corrected chi connectivity index (χ2v) is 3.25. The Labute approximate surface area is 83.7 Å². The second-order valence-electron chi connectivity index (χ2n) is 2.72. The van der Waals surface area contributed by atoms with Crippen molar-refractivity contribution in [1.29, 1.82) is 0 Å². The first-order valence-corrected chi connectivity index (χ1v) is 4.81. The molecule has 0 unspecified atom stereocenters. The van der Waals surface area contributed by atoms with Crippen LogP contribution in [0.25, 0.3) is 0 Å². The minimum absolute atomic E-state index is 0.896. The van der Waals surface area contributed by atoms with Gasteiger partial charge >= 0.3 is 0 Å². The summed E-state index contributed by atoms with van der Waals surface area (Å²) in [4.78, 5) is 0. The molecule has 2 heteroatoms. The van der Waals surface area contributed by atoms with Crippen molar-refractivity contribution >= 4 is 12.0 Å². The van der Waals surface area contributed by atoms with Gasteiger partial charge in [-0.3, -0.25) is 0 Å². The van der Waals surface area contributed by atoms with Crippen LogP contribution < -0.4 is 4.18 Å². The van der Waals surface area contributed by atoms with Crippen molar-refractivity contribution < 1.29 is 4.18 Å². The summed E-state index contributed by atoms with van der Waals surface area (Å²) < 4.78 is 5.40. The molecule has 0 aliphatic carbocycles. The lowest BCUT2D eigenvalue weighted by Crippen LogP contribution is -1.86. The first-order chi connectivity index (χ1) is 6.25. The molecule has 1 rings (SSSR count). The maximum atomic E-state index is 5.40. The van der Waals surface area contributed by atoms with Crippen molar-refractivity contribution in [2.24, 2.45) is 0 Å². The van der Waals surface area contributed by atoms with Crippen molar-refractivity contribution in [3.05, 3.63) is 29.3 Å². The van der Waals surface area contributed by atoms with E-state index in [9.17, 15) is 0 Å². The predicted molar refractivity (Wildman–Crippen MR) is 57.6 cm³/mol. The fraction of sp³-hybridized carbons (Fsp3) is 0.273. The average Bonchev–Trinajstić information content (AvgIpc) is 2.13. The highest BCUT2D eigenvalue weighted by molar-refractivity contribution is 7.99. The minimum Gasteiger partial charge on any atom is -0.412 e. The molecule has 1 aromatic carbocycles. The van der Waals surface area contributed by atoms with Gasteiger partial charge in [0.15, 0.2) is 0 Å². The molecule has 0 fully saturated rings. The van der Waals surface area contributed by atoms with Crippen LogP contribution >= 0.6 is 12.0 Å². The van der Waals surface area contributed by atoms with Gasteiger partial charge in [-0.25, -0.2) is 0 Å². The highest BCUT2D eigenvalue weighted by atomic mass is 32.2. The Morgan fingerprint density at radius 1 is 1.31 bits per heavy atom. The van der Waals surface area contributed by atoms with E-state index in [-0.39, 0.29) is 0 Å². The van der Waals surface area contributed by atoms with Crippen LogP contribution in [0.2, 0.25) is 0 Å². The summed E-state index contributed by atoms with van der Waals surface area (Å²) in [5.41, 5.74) is 2.41. The third-order valence-corrected chi connectivity index (χ3v) is 2.38.